The first-order valence-electron chi connectivity index (χ1n) is 7.06. The monoisotopic (exact) mass is 273 g/mol. The standard InChI is InChI=1S/C15H19N3O2/c1-11(20)12-5-8-17(9-6-12)15-13(10-19)18-7-3-2-4-14(18)16-15/h2-4,7,10-12,20H,5-6,8-9H2,1H3. The van der Waals surface area contributed by atoms with E-state index in [0.717, 1.165) is 43.7 Å². The van der Waals surface area contributed by atoms with Crippen molar-refractivity contribution in [2.24, 2.45) is 5.92 Å². The van der Waals surface area contributed by atoms with Crippen molar-refractivity contribution in [1.29, 1.82) is 0 Å². The van der Waals surface area contributed by atoms with Crippen LogP contribution in [-0.2, 0) is 0 Å². The maximum atomic E-state index is 11.4. The molecule has 1 atom stereocenters. The molecule has 106 valence electrons. The molecule has 1 aliphatic heterocycles. The first kappa shape index (κ1) is 13.1. The number of rotatable bonds is 3. The van der Waals surface area contributed by atoms with E-state index in [1.54, 1.807) is 0 Å². The molecule has 1 fully saturated rings. The topological polar surface area (TPSA) is 57.8 Å². The van der Waals surface area contributed by atoms with Gasteiger partial charge in [-0.3, -0.25) is 9.20 Å². The summed E-state index contributed by atoms with van der Waals surface area (Å²) in [6.07, 6.45) is 4.34. The van der Waals surface area contributed by atoms with Gasteiger partial charge in [-0.25, -0.2) is 4.98 Å². The van der Waals surface area contributed by atoms with Crippen LogP contribution in [0.4, 0.5) is 5.82 Å². The van der Waals surface area contributed by atoms with E-state index in [2.05, 4.69) is 9.88 Å². The number of aliphatic hydroxyl groups excluding tert-OH is 1. The minimum absolute atomic E-state index is 0.260. The minimum atomic E-state index is -0.260. The third-order valence-corrected chi connectivity index (χ3v) is 4.18. The lowest BCUT2D eigenvalue weighted by Crippen LogP contribution is -2.37. The lowest BCUT2D eigenvalue weighted by molar-refractivity contribution is 0.109. The van der Waals surface area contributed by atoms with Crippen LogP contribution in [0.2, 0.25) is 0 Å². The fourth-order valence-corrected chi connectivity index (χ4v) is 2.94. The van der Waals surface area contributed by atoms with Crippen molar-refractivity contribution in [2.45, 2.75) is 25.9 Å². The number of aromatic nitrogens is 2. The number of nitrogens with zero attached hydrogens (tertiary/aromatic N) is 3. The molecule has 2 aromatic heterocycles. The number of pyridine rings is 1. The number of fused-ring (bicyclic) bond motifs is 1. The third kappa shape index (κ3) is 2.18. The van der Waals surface area contributed by atoms with Gasteiger partial charge in [0.05, 0.1) is 6.10 Å². The van der Waals surface area contributed by atoms with Gasteiger partial charge >= 0.3 is 0 Å². The first-order chi connectivity index (χ1) is 9.70. The SMILES string of the molecule is CC(O)C1CCN(c2nc3ccccn3c2C=O)CC1. The van der Waals surface area contributed by atoms with Crippen molar-refractivity contribution >= 4 is 17.8 Å². The Balaban J connectivity index is 1.89. The van der Waals surface area contributed by atoms with Gasteiger partial charge in [-0.05, 0) is 37.8 Å². The van der Waals surface area contributed by atoms with Crippen LogP contribution < -0.4 is 4.90 Å². The highest BCUT2D eigenvalue weighted by molar-refractivity contribution is 5.83. The van der Waals surface area contributed by atoms with Crippen molar-refractivity contribution in [2.75, 3.05) is 18.0 Å². The molecule has 0 saturated carbocycles. The third-order valence-electron chi connectivity index (χ3n) is 4.18. The van der Waals surface area contributed by atoms with Gasteiger partial charge in [-0.2, -0.15) is 0 Å². The van der Waals surface area contributed by atoms with Crippen LogP contribution in [0.1, 0.15) is 30.3 Å². The largest absolute Gasteiger partial charge is 0.393 e. The van der Waals surface area contributed by atoms with Crippen LogP contribution in [-0.4, -0.2) is 40.0 Å². The number of imidazole rings is 1. The van der Waals surface area contributed by atoms with Crippen LogP contribution in [0.25, 0.3) is 5.65 Å². The quantitative estimate of drug-likeness (QED) is 0.866. The molecule has 0 radical (unpaired) electrons. The van der Waals surface area contributed by atoms with Gasteiger partial charge in [0, 0.05) is 19.3 Å². The van der Waals surface area contributed by atoms with Gasteiger partial charge < -0.3 is 10.0 Å². The molecule has 0 aromatic carbocycles. The Kier molecular flexibility index (Phi) is 3.44. The molecule has 1 N–H and O–H groups in total. The van der Waals surface area contributed by atoms with Gasteiger partial charge in [0.15, 0.2) is 12.1 Å². The van der Waals surface area contributed by atoms with Gasteiger partial charge in [0.25, 0.3) is 0 Å². The van der Waals surface area contributed by atoms with Crippen molar-refractivity contribution in [3.05, 3.63) is 30.1 Å². The smallest absolute Gasteiger partial charge is 0.170 e. The van der Waals surface area contributed by atoms with E-state index in [-0.39, 0.29) is 6.10 Å². The van der Waals surface area contributed by atoms with E-state index < -0.39 is 0 Å². The fraction of sp³-hybridized carbons (Fsp3) is 0.467. The Morgan fingerprint density at radius 2 is 2.15 bits per heavy atom. The number of piperidine rings is 1. The molecule has 0 amide bonds. The zero-order chi connectivity index (χ0) is 14.1. The summed E-state index contributed by atoms with van der Waals surface area (Å²) < 4.78 is 1.82. The molecule has 0 bridgehead atoms. The highest BCUT2D eigenvalue weighted by atomic mass is 16.3. The number of hydrogen-bond donors (Lipinski definition) is 1. The average Bonchev–Trinajstić information content (AvgIpc) is 2.85. The summed E-state index contributed by atoms with van der Waals surface area (Å²) in [5.41, 5.74) is 1.40. The van der Waals surface area contributed by atoms with E-state index >= 15 is 0 Å². The summed E-state index contributed by atoms with van der Waals surface area (Å²) in [4.78, 5) is 18.1. The maximum absolute atomic E-state index is 11.4. The molecule has 1 saturated heterocycles. The van der Waals surface area contributed by atoms with E-state index in [0.29, 0.717) is 11.6 Å². The van der Waals surface area contributed by atoms with Gasteiger partial charge in [0.2, 0.25) is 0 Å². The lowest BCUT2D eigenvalue weighted by Gasteiger charge is -2.33. The van der Waals surface area contributed by atoms with E-state index in [9.17, 15) is 9.90 Å². The summed E-state index contributed by atoms with van der Waals surface area (Å²) in [5.74, 6) is 1.11. The summed E-state index contributed by atoms with van der Waals surface area (Å²) >= 11 is 0. The van der Waals surface area contributed by atoms with E-state index in [4.69, 9.17) is 0 Å². The molecule has 0 spiro atoms. The highest BCUT2D eigenvalue weighted by Crippen LogP contribution is 2.27. The van der Waals surface area contributed by atoms with Crippen LogP contribution >= 0.6 is 0 Å². The summed E-state index contributed by atoms with van der Waals surface area (Å²) in [7, 11) is 0. The lowest BCUT2D eigenvalue weighted by atomic mass is 9.92. The predicted molar refractivity (Wildman–Crippen MR) is 77.2 cm³/mol. The van der Waals surface area contributed by atoms with Crippen LogP contribution in [0.15, 0.2) is 24.4 Å². The number of aldehydes is 1. The normalized spacial score (nSPS) is 18.4. The Bertz CT molecular complexity index is 613. The first-order valence-corrected chi connectivity index (χ1v) is 7.06. The van der Waals surface area contributed by atoms with E-state index in [1.165, 1.54) is 0 Å². The number of carbonyl (C=O) groups excluding carboxylic acids is 1. The molecular weight excluding hydrogens is 254 g/mol. The second-order valence-corrected chi connectivity index (χ2v) is 5.43. The number of anilines is 1. The molecular formula is C15H19N3O2. The number of carbonyl (C=O) groups is 1. The molecule has 20 heavy (non-hydrogen) atoms. The summed E-state index contributed by atoms with van der Waals surface area (Å²) in [6.45, 7) is 3.52. The van der Waals surface area contributed by atoms with Crippen LogP contribution in [0.3, 0.4) is 0 Å². The predicted octanol–water partition coefficient (Wildman–Crippen LogP) is 1.74. The molecule has 5 heteroatoms. The Labute approximate surface area is 117 Å². The average molecular weight is 273 g/mol. The molecule has 2 aromatic rings. The zero-order valence-electron chi connectivity index (χ0n) is 11.6. The molecule has 1 aliphatic rings. The molecule has 0 aliphatic carbocycles. The Morgan fingerprint density at radius 3 is 2.80 bits per heavy atom. The fourth-order valence-electron chi connectivity index (χ4n) is 2.94. The number of hydrogen-bond acceptors (Lipinski definition) is 4. The zero-order valence-corrected chi connectivity index (χ0v) is 11.6. The van der Waals surface area contributed by atoms with Crippen LogP contribution in [0.5, 0.6) is 0 Å². The van der Waals surface area contributed by atoms with Gasteiger partial charge in [-0.15, -0.1) is 0 Å². The van der Waals surface area contributed by atoms with Gasteiger partial charge in [-0.1, -0.05) is 6.07 Å². The van der Waals surface area contributed by atoms with Crippen LogP contribution in [0, 0.1) is 5.92 Å². The maximum Gasteiger partial charge on any atom is 0.170 e. The molecule has 3 heterocycles. The Hall–Kier alpha value is -1.88. The molecule has 3 rings (SSSR count). The minimum Gasteiger partial charge on any atom is -0.393 e. The van der Waals surface area contributed by atoms with Gasteiger partial charge in [0.1, 0.15) is 11.3 Å². The molecule has 5 nitrogen and oxygen atoms in total. The second kappa shape index (κ2) is 5.25. The number of aliphatic hydroxyl groups is 1. The van der Waals surface area contributed by atoms with Crippen molar-refractivity contribution in [3.63, 3.8) is 0 Å². The van der Waals surface area contributed by atoms with Crippen molar-refractivity contribution in [3.8, 4) is 0 Å². The van der Waals surface area contributed by atoms with Crippen molar-refractivity contribution < 1.29 is 9.90 Å². The second-order valence-electron chi connectivity index (χ2n) is 5.43. The highest BCUT2D eigenvalue weighted by Gasteiger charge is 2.26. The Morgan fingerprint density at radius 1 is 1.40 bits per heavy atom. The summed E-state index contributed by atoms with van der Waals surface area (Å²) in [5, 5.41) is 9.65. The van der Waals surface area contributed by atoms with E-state index in [1.807, 2.05) is 35.7 Å². The molecule has 1 unspecified atom stereocenters. The summed E-state index contributed by atoms with van der Waals surface area (Å²) in [6, 6.07) is 5.71. The van der Waals surface area contributed by atoms with Crippen molar-refractivity contribution in [1.82, 2.24) is 9.38 Å².